The number of aromatic hydroxyl groups is 1. The Morgan fingerprint density at radius 1 is 1.10 bits per heavy atom. The molecule has 0 aliphatic heterocycles. The fraction of sp³-hybridized carbons (Fsp3) is 0.391. The minimum atomic E-state index is -0.374. The predicted molar refractivity (Wildman–Crippen MR) is 128 cm³/mol. The van der Waals surface area contributed by atoms with E-state index in [-0.39, 0.29) is 29.1 Å². The fourth-order valence-electron chi connectivity index (χ4n) is 3.44. The standard InChI is InChI=1S/C23H28Br2N2O3/c1-22(2,3)14-23(4,5)16-6-8-17(9-7-16)30-13-21(29)27-26-12-15-10-20(28)19(25)11-18(15)24/h6-12,28H,13-14H2,1-5H3,(H,27,29)/b26-12-. The normalized spacial score (nSPS) is 12.2. The highest BCUT2D eigenvalue weighted by Gasteiger charge is 2.27. The van der Waals surface area contributed by atoms with Gasteiger partial charge in [-0.25, -0.2) is 5.43 Å². The number of rotatable bonds is 7. The van der Waals surface area contributed by atoms with Crippen LogP contribution in [0.4, 0.5) is 0 Å². The van der Waals surface area contributed by atoms with Gasteiger partial charge in [-0.1, -0.05) is 62.7 Å². The molecule has 0 aliphatic carbocycles. The number of hydrazone groups is 1. The van der Waals surface area contributed by atoms with Crippen LogP contribution in [-0.2, 0) is 10.2 Å². The summed E-state index contributed by atoms with van der Waals surface area (Å²) < 4.78 is 6.86. The largest absolute Gasteiger partial charge is 0.507 e. The summed E-state index contributed by atoms with van der Waals surface area (Å²) in [7, 11) is 0. The van der Waals surface area contributed by atoms with Gasteiger partial charge in [-0.2, -0.15) is 5.10 Å². The van der Waals surface area contributed by atoms with Crippen molar-refractivity contribution in [2.24, 2.45) is 10.5 Å². The predicted octanol–water partition coefficient (Wildman–Crippen LogP) is 6.16. The van der Waals surface area contributed by atoms with Gasteiger partial charge in [-0.05, 0) is 63.0 Å². The molecule has 7 heteroatoms. The van der Waals surface area contributed by atoms with Crippen LogP contribution in [-0.4, -0.2) is 23.8 Å². The minimum absolute atomic E-state index is 0.0542. The highest BCUT2D eigenvalue weighted by Crippen LogP contribution is 2.36. The molecule has 0 fully saturated rings. The van der Waals surface area contributed by atoms with Crippen molar-refractivity contribution >= 4 is 44.0 Å². The Labute approximate surface area is 195 Å². The van der Waals surface area contributed by atoms with E-state index in [1.807, 2.05) is 12.1 Å². The molecule has 0 aliphatic rings. The maximum Gasteiger partial charge on any atom is 0.277 e. The van der Waals surface area contributed by atoms with Crippen molar-refractivity contribution in [1.29, 1.82) is 0 Å². The van der Waals surface area contributed by atoms with Gasteiger partial charge in [0.2, 0.25) is 0 Å². The van der Waals surface area contributed by atoms with E-state index in [2.05, 4.69) is 89.1 Å². The van der Waals surface area contributed by atoms with Gasteiger partial charge in [0.25, 0.3) is 5.91 Å². The number of hydrogen-bond donors (Lipinski definition) is 2. The smallest absolute Gasteiger partial charge is 0.277 e. The molecule has 2 aromatic rings. The molecule has 0 saturated carbocycles. The van der Waals surface area contributed by atoms with Crippen molar-refractivity contribution in [3.63, 3.8) is 0 Å². The summed E-state index contributed by atoms with van der Waals surface area (Å²) in [6, 6.07) is 11.1. The van der Waals surface area contributed by atoms with E-state index in [4.69, 9.17) is 4.74 Å². The van der Waals surface area contributed by atoms with E-state index in [9.17, 15) is 9.90 Å². The number of halogens is 2. The third-order valence-electron chi connectivity index (χ3n) is 4.44. The lowest BCUT2D eigenvalue weighted by molar-refractivity contribution is -0.123. The number of nitrogens with one attached hydrogen (secondary N) is 1. The second-order valence-electron chi connectivity index (χ2n) is 9.05. The molecule has 0 spiro atoms. The fourth-order valence-corrected chi connectivity index (χ4v) is 4.53. The van der Waals surface area contributed by atoms with Crippen LogP contribution in [0.25, 0.3) is 0 Å². The Hall–Kier alpha value is -1.86. The Morgan fingerprint density at radius 3 is 2.33 bits per heavy atom. The molecule has 0 heterocycles. The summed E-state index contributed by atoms with van der Waals surface area (Å²) in [5.41, 5.74) is 4.58. The lowest BCUT2D eigenvalue weighted by atomic mass is 9.72. The third kappa shape index (κ3) is 7.43. The molecule has 0 saturated heterocycles. The van der Waals surface area contributed by atoms with Crippen LogP contribution in [0.3, 0.4) is 0 Å². The molecule has 0 unspecified atom stereocenters. The number of ether oxygens (including phenoxy) is 1. The third-order valence-corrected chi connectivity index (χ3v) is 5.76. The average molecular weight is 540 g/mol. The van der Waals surface area contributed by atoms with Crippen molar-refractivity contribution in [1.82, 2.24) is 5.43 Å². The zero-order valence-electron chi connectivity index (χ0n) is 17.9. The number of phenols is 1. The summed E-state index contributed by atoms with van der Waals surface area (Å²) in [5, 5.41) is 13.6. The highest BCUT2D eigenvalue weighted by molar-refractivity contribution is 9.11. The Bertz CT molecular complexity index is 917. The van der Waals surface area contributed by atoms with E-state index in [1.165, 1.54) is 17.8 Å². The van der Waals surface area contributed by atoms with Gasteiger partial charge in [0.1, 0.15) is 11.5 Å². The molecule has 0 radical (unpaired) electrons. The minimum Gasteiger partial charge on any atom is -0.507 e. The summed E-state index contributed by atoms with van der Waals surface area (Å²) in [6.07, 6.45) is 2.51. The van der Waals surface area contributed by atoms with Crippen molar-refractivity contribution in [3.8, 4) is 11.5 Å². The topological polar surface area (TPSA) is 70.9 Å². The SMILES string of the molecule is CC(C)(C)CC(C)(C)c1ccc(OCC(=O)N/N=C\c2cc(O)c(Br)cc2Br)cc1. The first kappa shape index (κ1) is 24.4. The number of nitrogens with zero attached hydrogens (tertiary/aromatic N) is 1. The average Bonchev–Trinajstić information content (AvgIpc) is 2.62. The Balaban J connectivity index is 1.88. The van der Waals surface area contributed by atoms with Gasteiger partial charge in [0.15, 0.2) is 6.61 Å². The van der Waals surface area contributed by atoms with E-state index in [1.54, 1.807) is 6.07 Å². The molecule has 0 bridgehead atoms. The van der Waals surface area contributed by atoms with Crippen LogP contribution >= 0.6 is 31.9 Å². The first-order valence-electron chi connectivity index (χ1n) is 9.61. The first-order chi connectivity index (χ1) is 13.9. The molecule has 5 nitrogen and oxygen atoms in total. The second kappa shape index (κ2) is 9.96. The molecule has 0 aromatic heterocycles. The lowest BCUT2D eigenvalue weighted by Crippen LogP contribution is -2.25. The maximum atomic E-state index is 12.0. The highest BCUT2D eigenvalue weighted by atomic mass is 79.9. The van der Waals surface area contributed by atoms with Crippen LogP contribution in [0.1, 0.15) is 52.2 Å². The van der Waals surface area contributed by atoms with E-state index < -0.39 is 0 Å². The quantitative estimate of drug-likeness (QED) is 0.327. The Kier molecular flexibility index (Phi) is 8.11. The van der Waals surface area contributed by atoms with Crippen LogP contribution in [0.15, 0.2) is 50.4 Å². The lowest BCUT2D eigenvalue weighted by Gasteiger charge is -2.33. The zero-order valence-corrected chi connectivity index (χ0v) is 21.1. The maximum absolute atomic E-state index is 12.0. The van der Waals surface area contributed by atoms with Gasteiger partial charge in [-0.15, -0.1) is 0 Å². The summed E-state index contributed by atoms with van der Waals surface area (Å²) in [5.74, 6) is 0.342. The van der Waals surface area contributed by atoms with Crippen molar-refractivity contribution < 1.29 is 14.6 Å². The zero-order chi connectivity index (χ0) is 22.5. The number of phenolic OH excluding ortho intramolecular Hbond substituents is 1. The van der Waals surface area contributed by atoms with Crippen molar-refractivity contribution in [2.45, 2.75) is 46.5 Å². The molecule has 2 aromatic carbocycles. The summed E-state index contributed by atoms with van der Waals surface area (Å²) in [6.45, 7) is 11.1. The molecule has 162 valence electrons. The van der Waals surface area contributed by atoms with Crippen LogP contribution < -0.4 is 10.2 Å². The molecule has 2 N–H and O–H groups in total. The van der Waals surface area contributed by atoms with Gasteiger partial charge in [0, 0.05) is 10.0 Å². The van der Waals surface area contributed by atoms with Gasteiger partial charge < -0.3 is 9.84 Å². The molecule has 1 amide bonds. The molecule has 2 rings (SSSR count). The Morgan fingerprint density at radius 2 is 1.73 bits per heavy atom. The second-order valence-corrected chi connectivity index (χ2v) is 10.8. The molecule has 0 atom stereocenters. The molecular formula is C23H28Br2N2O3. The number of hydrogen-bond acceptors (Lipinski definition) is 4. The number of amides is 1. The number of carbonyl (C=O) groups is 1. The molecular weight excluding hydrogens is 512 g/mol. The van der Waals surface area contributed by atoms with Crippen LogP contribution in [0.5, 0.6) is 11.5 Å². The van der Waals surface area contributed by atoms with Crippen LogP contribution in [0, 0.1) is 5.41 Å². The summed E-state index contributed by atoms with van der Waals surface area (Å²) in [4.78, 5) is 12.0. The summed E-state index contributed by atoms with van der Waals surface area (Å²) >= 11 is 6.61. The number of benzene rings is 2. The van der Waals surface area contributed by atoms with Crippen molar-refractivity contribution in [2.75, 3.05) is 6.61 Å². The molecule has 30 heavy (non-hydrogen) atoms. The first-order valence-corrected chi connectivity index (χ1v) is 11.2. The monoisotopic (exact) mass is 538 g/mol. The van der Waals surface area contributed by atoms with Gasteiger partial charge in [0.05, 0.1) is 10.7 Å². The van der Waals surface area contributed by atoms with E-state index >= 15 is 0 Å². The van der Waals surface area contributed by atoms with E-state index in [0.29, 0.717) is 15.8 Å². The van der Waals surface area contributed by atoms with Crippen LogP contribution in [0.2, 0.25) is 0 Å². The van der Waals surface area contributed by atoms with Gasteiger partial charge >= 0.3 is 0 Å². The van der Waals surface area contributed by atoms with Crippen molar-refractivity contribution in [3.05, 3.63) is 56.5 Å². The van der Waals surface area contributed by atoms with Gasteiger partial charge in [-0.3, -0.25) is 4.79 Å². The van der Waals surface area contributed by atoms with E-state index in [0.717, 1.165) is 10.9 Å². The number of carbonyl (C=O) groups excluding carboxylic acids is 1.